The van der Waals surface area contributed by atoms with Gasteiger partial charge in [0.05, 0.1) is 0 Å². The molecule has 1 aliphatic rings. The van der Waals surface area contributed by atoms with E-state index in [1.165, 1.54) is 45.4 Å². The van der Waals surface area contributed by atoms with Crippen LogP contribution in [0.3, 0.4) is 0 Å². The van der Waals surface area contributed by atoms with Crippen molar-refractivity contribution < 1.29 is 0 Å². The average Bonchev–Trinajstić information content (AvgIpc) is 2.70. The van der Waals surface area contributed by atoms with Gasteiger partial charge in [0.2, 0.25) is 0 Å². The van der Waals surface area contributed by atoms with Crippen LogP contribution in [0.2, 0.25) is 0 Å². The molecule has 1 unspecified atom stereocenters. The molecule has 0 aromatic carbocycles. The topological polar surface area (TPSA) is 15.3 Å². The summed E-state index contributed by atoms with van der Waals surface area (Å²) in [6, 6.07) is 0.602. The van der Waals surface area contributed by atoms with E-state index in [-0.39, 0.29) is 0 Å². The predicted octanol–water partition coefficient (Wildman–Crippen LogP) is 3.13. The summed E-state index contributed by atoms with van der Waals surface area (Å²) in [5.41, 5.74) is 0.480. The lowest BCUT2D eigenvalue weighted by Gasteiger charge is -2.36. The Labute approximate surface area is 108 Å². The molecule has 1 fully saturated rings. The minimum Gasteiger partial charge on any atom is -0.314 e. The summed E-state index contributed by atoms with van der Waals surface area (Å²) in [6.45, 7) is 16.6. The fraction of sp³-hybridized carbons (Fsp3) is 1.00. The van der Waals surface area contributed by atoms with Gasteiger partial charge in [0.1, 0.15) is 0 Å². The van der Waals surface area contributed by atoms with Crippen molar-refractivity contribution in [2.75, 3.05) is 26.2 Å². The molecule has 1 N–H and O–H groups in total. The standard InChI is InChI=1S/C15H32N2/c1-6-15(7-2,11-16-13(3)4)12-17-9-8-14(5)10-17/h13-14,16H,6-12H2,1-5H3. The fourth-order valence-corrected chi connectivity index (χ4v) is 2.84. The van der Waals surface area contributed by atoms with Gasteiger partial charge in [-0.25, -0.2) is 0 Å². The van der Waals surface area contributed by atoms with Gasteiger partial charge in [-0.15, -0.1) is 0 Å². The molecule has 1 saturated heterocycles. The molecule has 2 nitrogen and oxygen atoms in total. The number of hydrogen-bond donors (Lipinski definition) is 1. The first-order chi connectivity index (χ1) is 8.01. The first-order valence-corrected chi connectivity index (χ1v) is 7.47. The lowest BCUT2D eigenvalue weighted by molar-refractivity contribution is 0.149. The summed E-state index contributed by atoms with van der Waals surface area (Å²) in [7, 11) is 0. The molecule has 1 aliphatic heterocycles. The van der Waals surface area contributed by atoms with Crippen LogP contribution in [0.5, 0.6) is 0 Å². The van der Waals surface area contributed by atoms with E-state index < -0.39 is 0 Å². The molecular formula is C15H32N2. The van der Waals surface area contributed by atoms with E-state index in [9.17, 15) is 0 Å². The van der Waals surface area contributed by atoms with Crippen LogP contribution < -0.4 is 5.32 Å². The molecule has 2 heteroatoms. The maximum atomic E-state index is 3.65. The van der Waals surface area contributed by atoms with Gasteiger partial charge < -0.3 is 10.2 Å². The van der Waals surface area contributed by atoms with Crippen LogP contribution in [0, 0.1) is 11.3 Å². The summed E-state index contributed by atoms with van der Waals surface area (Å²) in [6.07, 6.45) is 3.96. The Morgan fingerprint density at radius 3 is 2.35 bits per heavy atom. The zero-order valence-electron chi connectivity index (χ0n) is 12.6. The quantitative estimate of drug-likeness (QED) is 0.735. The zero-order valence-corrected chi connectivity index (χ0v) is 12.6. The molecule has 17 heavy (non-hydrogen) atoms. The van der Waals surface area contributed by atoms with E-state index >= 15 is 0 Å². The fourth-order valence-electron chi connectivity index (χ4n) is 2.84. The van der Waals surface area contributed by atoms with Crippen molar-refractivity contribution in [1.29, 1.82) is 0 Å². The van der Waals surface area contributed by atoms with Crippen molar-refractivity contribution in [1.82, 2.24) is 10.2 Å². The monoisotopic (exact) mass is 240 g/mol. The molecule has 1 heterocycles. The van der Waals surface area contributed by atoms with Crippen LogP contribution in [-0.4, -0.2) is 37.1 Å². The average molecular weight is 240 g/mol. The first-order valence-electron chi connectivity index (χ1n) is 7.47. The second-order valence-corrected chi connectivity index (χ2v) is 6.37. The third-order valence-corrected chi connectivity index (χ3v) is 4.45. The molecule has 0 amide bonds. The van der Waals surface area contributed by atoms with Gasteiger partial charge >= 0.3 is 0 Å². The summed E-state index contributed by atoms with van der Waals surface area (Å²) < 4.78 is 0. The van der Waals surface area contributed by atoms with Crippen molar-refractivity contribution in [3.8, 4) is 0 Å². The Morgan fingerprint density at radius 1 is 1.29 bits per heavy atom. The highest BCUT2D eigenvalue weighted by atomic mass is 15.2. The Bertz CT molecular complexity index is 209. The summed E-state index contributed by atoms with van der Waals surface area (Å²) >= 11 is 0. The first kappa shape index (κ1) is 15.0. The number of likely N-dealkylation sites (tertiary alicyclic amines) is 1. The highest BCUT2D eigenvalue weighted by Crippen LogP contribution is 2.29. The molecule has 0 radical (unpaired) electrons. The second kappa shape index (κ2) is 6.75. The van der Waals surface area contributed by atoms with Crippen molar-refractivity contribution in [3.05, 3.63) is 0 Å². The molecule has 0 spiro atoms. The van der Waals surface area contributed by atoms with Crippen LogP contribution >= 0.6 is 0 Å². The third-order valence-electron chi connectivity index (χ3n) is 4.45. The van der Waals surface area contributed by atoms with Crippen LogP contribution in [0.4, 0.5) is 0 Å². The van der Waals surface area contributed by atoms with Crippen molar-refractivity contribution in [2.45, 2.75) is 59.9 Å². The molecule has 102 valence electrons. The van der Waals surface area contributed by atoms with Crippen LogP contribution in [0.15, 0.2) is 0 Å². The molecule has 1 atom stereocenters. The van der Waals surface area contributed by atoms with Crippen molar-refractivity contribution >= 4 is 0 Å². The molecule has 0 aliphatic carbocycles. The minimum atomic E-state index is 0.480. The molecule has 0 aromatic heterocycles. The maximum absolute atomic E-state index is 3.65. The summed E-state index contributed by atoms with van der Waals surface area (Å²) in [5.74, 6) is 0.902. The van der Waals surface area contributed by atoms with E-state index in [2.05, 4.69) is 44.8 Å². The lowest BCUT2D eigenvalue weighted by atomic mass is 9.81. The minimum absolute atomic E-state index is 0.480. The van der Waals surface area contributed by atoms with Gasteiger partial charge in [-0.2, -0.15) is 0 Å². The Hall–Kier alpha value is -0.0800. The van der Waals surface area contributed by atoms with E-state index in [1.807, 2.05) is 0 Å². The largest absolute Gasteiger partial charge is 0.314 e. The van der Waals surface area contributed by atoms with Crippen LogP contribution in [-0.2, 0) is 0 Å². The zero-order chi connectivity index (χ0) is 12.9. The Kier molecular flexibility index (Phi) is 5.94. The number of nitrogens with zero attached hydrogens (tertiary/aromatic N) is 1. The molecular weight excluding hydrogens is 208 g/mol. The van der Waals surface area contributed by atoms with Crippen molar-refractivity contribution in [3.63, 3.8) is 0 Å². The third kappa shape index (κ3) is 4.59. The van der Waals surface area contributed by atoms with Gasteiger partial charge in [-0.1, -0.05) is 34.6 Å². The lowest BCUT2D eigenvalue weighted by Crippen LogP contribution is -2.44. The molecule has 0 saturated carbocycles. The SMILES string of the molecule is CCC(CC)(CNC(C)C)CN1CCC(C)C1. The van der Waals surface area contributed by atoms with Crippen LogP contribution in [0.1, 0.15) is 53.9 Å². The number of rotatable bonds is 7. The van der Waals surface area contributed by atoms with Gasteiger partial charge in [0.25, 0.3) is 0 Å². The van der Waals surface area contributed by atoms with E-state index in [1.54, 1.807) is 0 Å². The Morgan fingerprint density at radius 2 is 1.94 bits per heavy atom. The second-order valence-electron chi connectivity index (χ2n) is 6.37. The molecule has 1 rings (SSSR count). The van der Waals surface area contributed by atoms with Gasteiger partial charge in [0.15, 0.2) is 0 Å². The molecule has 0 bridgehead atoms. The number of hydrogen-bond acceptors (Lipinski definition) is 2. The highest BCUT2D eigenvalue weighted by molar-refractivity contribution is 4.86. The normalized spacial score (nSPS) is 22.6. The number of nitrogens with one attached hydrogen (secondary N) is 1. The van der Waals surface area contributed by atoms with Crippen molar-refractivity contribution in [2.24, 2.45) is 11.3 Å². The Balaban J connectivity index is 2.51. The van der Waals surface area contributed by atoms with E-state index in [4.69, 9.17) is 0 Å². The van der Waals surface area contributed by atoms with E-state index in [0.29, 0.717) is 11.5 Å². The highest BCUT2D eigenvalue weighted by Gasteiger charge is 2.31. The summed E-state index contributed by atoms with van der Waals surface area (Å²) in [4.78, 5) is 2.68. The van der Waals surface area contributed by atoms with Crippen LogP contribution in [0.25, 0.3) is 0 Å². The van der Waals surface area contributed by atoms with Gasteiger partial charge in [-0.05, 0) is 37.1 Å². The van der Waals surface area contributed by atoms with E-state index in [0.717, 1.165) is 5.92 Å². The summed E-state index contributed by atoms with van der Waals surface area (Å²) in [5, 5.41) is 3.65. The molecule has 0 aromatic rings. The maximum Gasteiger partial charge on any atom is 0.00500 e. The smallest absolute Gasteiger partial charge is 0.00500 e. The van der Waals surface area contributed by atoms with Gasteiger partial charge in [-0.3, -0.25) is 0 Å². The predicted molar refractivity (Wildman–Crippen MR) is 76.4 cm³/mol. The van der Waals surface area contributed by atoms with Gasteiger partial charge in [0, 0.05) is 25.7 Å².